The van der Waals surface area contributed by atoms with Crippen LogP contribution in [0.5, 0.6) is 0 Å². The van der Waals surface area contributed by atoms with E-state index in [2.05, 4.69) is 135 Å². The number of anilines is 5. The Bertz CT molecular complexity index is 5780. The third-order valence-corrected chi connectivity index (χ3v) is 30.4. The fraction of sp³-hybridized carbons (Fsp3) is 0.636. The summed E-state index contributed by atoms with van der Waals surface area (Å²) in [5.74, 6) is -4.15. The fourth-order valence-electron chi connectivity index (χ4n) is 22.1. The lowest BCUT2D eigenvalue weighted by Crippen LogP contribution is -2.48. The summed E-state index contributed by atoms with van der Waals surface area (Å²) in [6.07, 6.45) is 17.9. The SMILES string of the molecule is CC(C)(C)OC(=O)N[C@@H]1c2ccccc2CC12CCN(c1cnc3c(I)nn(C4CCCCO4)c3n1)CC2.CC(C)(C)OC(=O)N[C@@H]1c2ccccc2CC12CCN(c1cnc3c(N4CCC(F)(F)CC4)nn(C4CCCCO4)c3n1)CC2.CC(C)(C)OC(=O)N[C@@H]1c2ccccc2CC12CCN(c1nc3c(nc1Br)c(N1CCC(F)(F)CC1)nn3C1CCCCO1)CC2.FC1(F)CCNCC1. The van der Waals surface area contributed by atoms with Crippen LogP contribution in [0.25, 0.3) is 33.5 Å². The molecule has 38 heteroatoms. The summed E-state index contributed by atoms with van der Waals surface area (Å²) in [6.45, 7) is 25.4. The molecular formula is C99H129BrF6IN21O9. The van der Waals surface area contributed by atoms with Crippen molar-refractivity contribution in [2.45, 2.75) is 288 Å². The van der Waals surface area contributed by atoms with Crippen molar-refractivity contribution in [1.82, 2.24) is 80.5 Å². The maximum atomic E-state index is 14.0. The number of nitrogens with zero attached hydrogens (tertiary/aromatic N) is 17. The molecule has 4 N–H and O–H groups in total. The summed E-state index contributed by atoms with van der Waals surface area (Å²) in [6, 6.07) is 24.9. The molecule has 3 amide bonds. The normalized spacial score (nSPS) is 24.2. The molecule has 12 aliphatic rings. The van der Waals surface area contributed by atoms with Crippen LogP contribution in [0.2, 0.25) is 0 Å². The zero-order chi connectivity index (χ0) is 96.2. The molecule has 9 aliphatic heterocycles. The topological polar surface area (TPSA) is 302 Å². The molecule has 0 radical (unpaired) electrons. The Balaban J connectivity index is 0.000000131. The molecule has 740 valence electrons. The third-order valence-electron chi connectivity index (χ3n) is 29.2. The molecule has 6 aromatic heterocycles. The van der Waals surface area contributed by atoms with Crippen molar-refractivity contribution in [3.8, 4) is 0 Å². The Morgan fingerprint density at radius 1 is 0.409 bits per heavy atom. The van der Waals surface area contributed by atoms with Gasteiger partial charge in [-0.25, -0.2) is 84.7 Å². The number of hydrogen-bond donors (Lipinski definition) is 4. The summed E-state index contributed by atoms with van der Waals surface area (Å²) in [5.41, 5.74) is 9.40. The molecule has 15 heterocycles. The van der Waals surface area contributed by atoms with Crippen LogP contribution in [-0.2, 0) is 47.7 Å². The summed E-state index contributed by atoms with van der Waals surface area (Å²) in [4.78, 5) is 79.3. The highest BCUT2D eigenvalue weighted by molar-refractivity contribution is 14.1. The molecule has 0 saturated carbocycles. The summed E-state index contributed by atoms with van der Waals surface area (Å²) in [7, 11) is 0. The van der Waals surface area contributed by atoms with Crippen LogP contribution in [0.1, 0.15) is 267 Å². The minimum absolute atomic E-state index is 0.00694. The third kappa shape index (κ3) is 22.0. The molecule has 30 nitrogen and oxygen atoms in total. The van der Waals surface area contributed by atoms with Crippen molar-refractivity contribution >= 4 is 119 Å². The molecule has 21 rings (SSSR count). The van der Waals surface area contributed by atoms with Crippen LogP contribution in [0.3, 0.4) is 0 Å². The second-order valence-electron chi connectivity index (χ2n) is 42.3. The highest BCUT2D eigenvalue weighted by Crippen LogP contribution is 2.57. The van der Waals surface area contributed by atoms with E-state index in [1.165, 1.54) is 22.3 Å². The Labute approximate surface area is 817 Å². The first-order chi connectivity index (χ1) is 65.3. The predicted octanol–water partition coefficient (Wildman–Crippen LogP) is 19.6. The molecule has 3 spiro atoms. The number of alkyl carbamates (subject to hydrolysis) is 3. The molecule has 9 saturated heterocycles. The van der Waals surface area contributed by atoms with Crippen LogP contribution in [0, 0.1) is 19.9 Å². The Kier molecular flexibility index (Phi) is 28.4. The van der Waals surface area contributed by atoms with Crippen molar-refractivity contribution in [2.24, 2.45) is 16.2 Å². The minimum Gasteiger partial charge on any atom is -0.444 e. The van der Waals surface area contributed by atoms with Gasteiger partial charge in [-0.1, -0.05) is 72.8 Å². The molecule has 3 unspecified atom stereocenters. The lowest BCUT2D eigenvalue weighted by atomic mass is 9.72. The Hall–Kier alpha value is -9.25. The van der Waals surface area contributed by atoms with Gasteiger partial charge in [0.15, 0.2) is 67.8 Å². The highest BCUT2D eigenvalue weighted by Gasteiger charge is 2.54. The largest absolute Gasteiger partial charge is 0.444 e. The maximum Gasteiger partial charge on any atom is 0.408 e. The minimum atomic E-state index is -2.66. The number of fused-ring (bicyclic) bond motifs is 6. The number of carbonyl (C=O) groups is 3. The molecular weight excluding hydrogens is 1950 g/mol. The number of aromatic nitrogens is 12. The van der Waals surface area contributed by atoms with E-state index in [1.807, 2.05) is 104 Å². The van der Waals surface area contributed by atoms with Gasteiger partial charge in [-0.15, -0.1) is 10.2 Å². The number of amides is 3. The number of halogens is 8. The van der Waals surface area contributed by atoms with Gasteiger partial charge in [-0.2, -0.15) is 5.10 Å². The first-order valence-corrected chi connectivity index (χ1v) is 51.0. The van der Waals surface area contributed by atoms with Gasteiger partial charge in [0.05, 0.1) is 30.5 Å². The van der Waals surface area contributed by atoms with E-state index < -0.39 is 46.8 Å². The van der Waals surface area contributed by atoms with E-state index in [0.717, 1.165) is 205 Å². The first-order valence-electron chi connectivity index (χ1n) is 49.1. The summed E-state index contributed by atoms with van der Waals surface area (Å²) in [5, 5.41) is 27.1. The Morgan fingerprint density at radius 3 is 1.09 bits per heavy atom. The molecule has 0 bridgehead atoms. The van der Waals surface area contributed by atoms with Gasteiger partial charge in [0, 0.05) is 153 Å². The number of piperidine rings is 6. The quantitative estimate of drug-likeness (QED) is 0.0531. The van der Waals surface area contributed by atoms with Crippen LogP contribution in [-0.4, -0.2) is 210 Å². The van der Waals surface area contributed by atoms with Gasteiger partial charge in [0.2, 0.25) is 0 Å². The lowest BCUT2D eigenvalue weighted by Gasteiger charge is -2.44. The number of alkyl halides is 6. The van der Waals surface area contributed by atoms with Crippen LogP contribution in [0.15, 0.2) is 89.8 Å². The number of nitrogens with one attached hydrogen (secondary N) is 4. The predicted molar refractivity (Wildman–Crippen MR) is 521 cm³/mol. The van der Waals surface area contributed by atoms with Gasteiger partial charge in [0.1, 0.15) is 38.6 Å². The van der Waals surface area contributed by atoms with Gasteiger partial charge >= 0.3 is 18.3 Å². The summed E-state index contributed by atoms with van der Waals surface area (Å²) >= 11 is 5.94. The van der Waals surface area contributed by atoms with E-state index in [4.69, 9.17) is 73.6 Å². The molecule has 9 fully saturated rings. The molecule has 3 aromatic carbocycles. The molecule has 137 heavy (non-hydrogen) atoms. The smallest absolute Gasteiger partial charge is 0.408 e. The summed E-state index contributed by atoms with van der Waals surface area (Å²) < 4.78 is 123. The lowest BCUT2D eigenvalue weighted by molar-refractivity contribution is -0.0373. The van der Waals surface area contributed by atoms with Gasteiger partial charge in [-0.3, -0.25) is 0 Å². The molecule has 6 atom stereocenters. The molecule has 3 aliphatic carbocycles. The van der Waals surface area contributed by atoms with Crippen LogP contribution in [0.4, 0.5) is 69.8 Å². The number of hydrogen-bond acceptors (Lipinski definition) is 24. The van der Waals surface area contributed by atoms with Crippen LogP contribution >= 0.6 is 38.5 Å². The van der Waals surface area contributed by atoms with E-state index in [-0.39, 0.29) is 124 Å². The van der Waals surface area contributed by atoms with E-state index in [1.54, 1.807) is 6.20 Å². The number of carbonyl (C=O) groups excluding carboxylic acids is 3. The monoisotopic (exact) mass is 2080 g/mol. The van der Waals surface area contributed by atoms with E-state index in [9.17, 15) is 40.7 Å². The van der Waals surface area contributed by atoms with Crippen LogP contribution < -0.4 is 45.8 Å². The highest BCUT2D eigenvalue weighted by atomic mass is 127. The van der Waals surface area contributed by atoms with Gasteiger partial charge < -0.3 is 74.2 Å². The second-order valence-corrected chi connectivity index (χ2v) is 44.0. The number of benzene rings is 3. The van der Waals surface area contributed by atoms with Crippen molar-refractivity contribution in [3.05, 3.63) is 127 Å². The van der Waals surface area contributed by atoms with Crippen molar-refractivity contribution in [3.63, 3.8) is 0 Å². The van der Waals surface area contributed by atoms with E-state index in [0.29, 0.717) is 64.9 Å². The number of ether oxygens (including phenoxy) is 6. The fourth-order valence-corrected chi connectivity index (χ4v) is 23.2. The number of rotatable bonds is 11. The zero-order valence-corrected chi connectivity index (χ0v) is 83.7. The van der Waals surface area contributed by atoms with E-state index >= 15 is 0 Å². The standard InChI is InChI=1S/C33H42BrF2N7O3.C33H43F2N7O3.C28H35IN6O3.C5H9F2N/c1-31(2,3)46-30(44)38-25-22-9-5-4-8-21(22)20-32(25)11-15-42(16-12-32)29-26(34)37-24-27(39-29)43(23-10-6-7-19-45-23)40-28(24)41-17-13-33(35,36)14-18-41;1-31(2,3)45-30(43)38-27-23-9-5-4-8-22(23)20-32(27)11-15-40(16-12-32)24-21-36-26-28(37-24)42(25-10-6-7-19-44-25)39-29(26)41-17-13-33(34,35)14-18-41;1-27(2,3)38-26(36)32-23-19-9-5-4-8-18(19)16-28(23)11-13-34(14-12-28)20-17-30-22-24(29)33-35(25(22)31-20)21-10-6-7-15-37-21;6-5(7)1-3-8-4-2-5/h4-5,8-9,23,25H,6-7,10-20H2,1-3H3,(H,38,44);4-5,8-9,21,25,27H,6-7,10-20H2,1-3H3,(H,38,43);4-5,8-9,17,21,23H,6-7,10-16H2,1-3H3,(H,32,36);8H,1-4H2/t23?,25-;25?,27-;21?,23-;/m111./s1. The first kappa shape index (κ1) is 98.0. The maximum absolute atomic E-state index is 14.0. The Morgan fingerprint density at radius 2 is 0.730 bits per heavy atom. The van der Waals surface area contributed by atoms with Crippen molar-refractivity contribution < 1.29 is 69.1 Å². The van der Waals surface area contributed by atoms with Crippen molar-refractivity contribution in [2.75, 3.05) is 123 Å². The second kappa shape index (κ2) is 39.7. The van der Waals surface area contributed by atoms with Gasteiger partial charge in [-0.05, 0) is 250 Å². The zero-order valence-electron chi connectivity index (χ0n) is 79.9. The van der Waals surface area contributed by atoms with Crippen molar-refractivity contribution in [1.29, 1.82) is 0 Å². The average Bonchev–Trinajstić information content (AvgIpc) is 1.59. The van der Waals surface area contributed by atoms with Gasteiger partial charge in [0.25, 0.3) is 17.8 Å². The average molecular weight is 2080 g/mol. The molecule has 9 aromatic rings.